The maximum absolute atomic E-state index is 12.2. The fraction of sp³-hybridized carbons (Fsp3) is 0.316. The van der Waals surface area contributed by atoms with Gasteiger partial charge in [-0.05, 0) is 43.2 Å². The van der Waals surface area contributed by atoms with E-state index >= 15 is 0 Å². The zero-order valence-corrected chi connectivity index (χ0v) is 15.7. The first-order valence-corrected chi connectivity index (χ1v) is 10.4. The van der Waals surface area contributed by atoms with Crippen LogP contribution in [0, 0.1) is 0 Å². The van der Waals surface area contributed by atoms with Crippen molar-refractivity contribution in [1.29, 1.82) is 0 Å². The second-order valence-corrected chi connectivity index (χ2v) is 8.10. The monoisotopic (exact) mass is 390 g/mol. The molecule has 1 saturated heterocycles. The smallest absolute Gasteiger partial charge is 0.274 e. The molecule has 1 N–H and O–H groups in total. The number of nitrogens with zero attached hydrogens (tertiary/aromatic N) is 1. The summed E-state index contributed by atoms with van der Waals surface area (Å²) in [6, 6.07) is 15.8. The molecule has 0 unspecified atom stereocenters. The number of ether oxygens (including phenoxy) is 1. The molecule has 2 aromatic carbocycles. The lowest BCUT2D eigenvalue weighted by Crippen LogP contribution is -2.38. The van der Waals surface area contributed by atoms with E-state index in [1.165, 1.54) is 4.31 Å². The Morgan fingerprint density at radius 2 is 1.85 bits per heavy atom. The molecule has 0 spiro atoms. The summed E-state index contributed by atoms with van der Waals surface area (Å²) < 4.78 is 31.3. The van der Waals surface area contributed by atoms with Crippen molar-refractivity contribution in [3.63, 3.8) is 0 Å². The van der Waals surface area contributed by atoms with Crippen LogP contribution in [-0.2, 0) is 14.9 Å². The van der Waals surface area contributed by atoms with Crippen LogP contribution in [0.2, 0.25) is 0 Å². The van der Waals surface area contributed by atoms with Crippen LogP contribution in [0.15, 0.2) is 54.6 Å². The third-order valence-electron chi connectivity index (χ3n) is 4.11. The number of amides is 1. The first-order valence-electron chi connectivity index (χ1n) is 8.77. The van der Waals surface area contributed by atoms with Crippen molar-refractivity contribution < 1.29 is 22.8 Å². The maximum atomic E-state index is 12.2. The number of hydrogen-bond donors (Lipinski definition) is 1. The lowest BCUT2D eigenvalue weighted by atomic mass is 10.2. The van der Waals surface area contributed by atoms with E-state index in [1.807, 2.05) is 30.3 Å². The fourth-order valence-electron chi connectivity index (χ4n) is 2.77. The normalized spacial score (nSPS) is 15.9. The number of nitrogens with one attached hydrogen (secondary N) is 1. The van der Waals surface area contributed by atoms with Crippen molar-refractivity contribution in [2.45, 2.75) is 12.8 Å². The lowest BCUT2D eigenvalue weighted by Gasteiger charge is -2.28. The molecule has 7 nitrogen and oxygen atoms in total. The van der Waals surface area contributed by atoms with Gasteiger partial charge in [-0.15, -0.1) is 0 Å². The molecule has 27 heavy (non-hydrogen) atoms. The van der Waals surface area contributed by atoms with Crippen LogP contribution in [0.5, 0.6) is 5.75 Å². The highest BCUT2D eigenvalue weighted by molar-refractivity contribution is 7.92. The van der Waals surface area contributed by atoms with Gasteiger partial charge in [0.1, 0.15) is 19.0 Å². The molecule has 0 radical (unpaired) electrons. The minimum Gasteiger partial charge on any atom is -0.491 e. The Kier molecular flexibility index (Phi) is 6.31. The summed E-state index contributed by atoms with van der Waals surface area (Å²) in [6.07, 6.45) is 1.47. The number of anilines is 1. The molecule has 0 bridgehead atoms. The quantitative estimate of drug-likeness (QED) is 0.579. The number of sulfonamides is 1. The molecule has 0 saturated carbocycles. The number of para-hydroxylation sites is 1. The fourth-order valence-corrected chi connectivity index (χ4v) is 4.41. The first kappa shape index (κ1) is 19.2. The van der Waals surface area contributed by atoms with Crippen LogP contribution < -0.4 is 14.5 Å². The Hall–Kier alpha value is -2.58. The number of hydrogen-bond acceptors (Lipinski definition) is 5. The summed E-state index contributed by atoms with van der Waals surface area (Å²) in [4.78, 5) is 17.4. The van der Waals surface area contributed by atoms with E-state index in [-0.39, 0.29) is 19.0 Å². The number of carbonyl (C=O) groups is 1. The topological polar surface area (TPSA) is 84.9 Å². The molecular formula is C19H22N2O5S. The summed E-state index contributed by atoms with van der Waals surface area (Å²) in [5.74, 6) is 0.419. The molecule has 2 aromatic rings. The average molecular weight is 390 g/mol. The van der Waals surface area contributed by atoms with Crippen molar-refractivity contribution in [2.24, 2.45) is 0 Å². The summed E-state index contributed by atoms with van der Waals surface area (Å²) in [7, 11) is -3.32. The van der Waals surface area contributed by atoms with Crippen LogP contribution in [0.1, 0.15) is 23.2 Å². The van der Waals surface area contributed by atoms with Gasteiger partial charge in [-0.25, -0.2) is 13.9 Å². The summed E-state index contributed by atoms with van der Waals surface area (Å²) in [5.41, 5.74) is 3.18. The van der Waals surface area contributed by atoms with E-state index in [9.17, 15) is 13.2 Å². The lowest BCUT2D eigenvalue weighted by molar-refractivity contribution is 0.0200. The second-order valence-electron chi connectivity index (χ2n) is 6.09. The molecule has 1 aliphatic heterocycles. The Morgan fingerprint density at radius 3 is 2.63 bits per heavy atom. The van der Waals surface area contributed by atoms with Crippen LogP contribution >= 0.6 is 0 Å². The van der Waals surface area contributed by atoms with E-state index in [4.69, 9.17) is 9.57 Å². The number of carbonyl (C=O) groups excluding carboxylic acids is 1. The molecule has 144 valence electrons. The minimum atomic E-state index is -3.32. The van der Waals surface area contributed by atoms with Crippen LogP contribution in [0.4, 0.5) is 5.69 Å². The highest BCUT2D eigenvalue weighted by Crippen LogP contribution is 2.24. The minimum absolute atomic E-state index is 0.133. The van der Waals surface area contributed by atoms with Crippen molar-refractivity contribution in [3.8, 4) is 5.75 Å². The molecule has 0 aliphatic carbocycles. The molecule has 0 atom stereocenters. The number of rotatable bonds is 7. The highest BCUT2D eigenvalue weighted by atomic mass is 32.2. The molecule has 1 aliphatic rings. The van der Waals surface area contributed by atoms with Gasteiger partial charge in [0, 0.05) is 12.1 Å². The largest absolute Gasteiger partial charge is 0.491 e. The van der Waals surface area contributed by atoms with E-state index in [0.29, 0.717) is 24.2 Å². The highest BCUT2D eigenvalue weighted by Gasteiger charge is 2.26. The molecule has 0 aromatic heterocycles. The Balaban J connectivity index is 1.51. The van der Waals surface area contributed by atoms with Gasteiger partial charge < -0.3 is 4.74 Å². The van der Waals surface area contributed by atoms with Crippen LogP contribution in [0.25, 0.3) is 0 Å². The predicted molar refractivity (Wildman–Crippen MR) is 102 cm³/mol. The zero-order chi connectivity index (χ0) is 19.1. The predicted octanol–water partition coefficient (Wildman–Crippen LogP) is 2.36. The van der Waals surface area contributed by atoms with Gasteiger partial charge in [0.05, 0.1) is 11.4 Å². The average Bonchev–Trinajstić information content (AvgIpc) is 2.68. The third-order valence-corrected chi connectivity index (χ3v) is 5.98. The third kappa shape index (κ3) is 5.21. The molecule has 1 amide bonds. The Bertz CT molecular complexity index is 871. The molecule has 1 heterocycles. The summed E-state index contributed by atoms with van der Waals surface area (Å²) in [6.45, 7) is 0.901. The van der Waals surface area contributed by atoms with Gasteiger partial charge in [-0.1, -0.05) is 24.3 Å². The second kappa shape index (κ2) is 8.88. The Morgan fingerprint density at radius 1 is 1.04 bits per heavy atom. The van der Waals surface area contributed by atoms with Gasteiger partial charge >= 0.3 is 0 Å². The standard InChI is InChI=1S/C19H22N2O5S/c22-19(20-26-13-12-25-18-9-2-1-3-10-18)16-7-6-8-17(15-16)21-11-4-5-14-27(21,23)24/h1-3,6-10,15H,4-5,11-14H2,(H,20,22). The van der Waals surface area contributed by atoms with Gasteiger partial charge in [0.15, 0.2) is 0 Å². The van der Waals surface area contributed by atoms with Gasteiger partial charge in [-0.3, -0.25) is 13.9 Å². The first-order chi connectivity index (χ1) is 13.1. The van der Waals surface area contributed by atoms with Crippen molar-refractivity contribution in [2.75, 3.05) is 29.8 Å². The van der Waals surface area contributed by atoms with Crippen molar-refractivity contribution in [1.82, 2.24) is 5.48 Å². The molecule has 8 heteroatoms. The van der Waals surface area contributed by atoms with E-state index in [2.05, 4.69) is 5.48 Å². The van der Waals surface area contributed by atoms with E-state index < -0.39 is 15.9 Å². The van der Waals surface area contributed by atoms with Crippen LogP contribution in [0.3, 0.4) is 0 Å². The number of hydroxylamine groups is 1. The Labute approximate surface area is 158 Å². The molecule has 1 fully saturated rings. The SMILES string of the molecule is O=C(NOCCOc1ccccc1)c1cccc(N2CCCCS2(=O)=O)c1. The van der Waals surface area contributed by atoms with Gasteiger partial charge in [0.2, 0.25) is 10.0 Å². The summed E-state index contributed by atoms with van der Waals surface area (Å²) in [5, 5.41) is 0. The van der Waals surface area contributed by atoms with E-state index in [0.717, 1.165) is 12.2 Å². The maximum Gasteiger partial charge on any atom is 0.274 e. The van der Waals surface area contributed by atoms with Gasteiger partial charge in [0.25, 0.3) is 5.91 Å². The number of benzene rings is 2. The zero-order valence-electron chi connectivity index (χ0n) is 14.8. The van der Waals surface area contributed by atoms with Crippen LogP contribution in [-0.4, -0.2) is 39.8 Å². The van der Waals surface area contributed by atoms with E-state index in [1.54, 1.807) is 24.3 Å². The summed E-state index contributed by atoms with van der Waals surface area (Å²) >= 11 is 0. The molecular weight excluding hydrogens is 368 g/mol. The van der Waals surface area contributed by atoms with Gasteiger partial charge in [-0.2, -0.15) is 0 Å². The van der Waals surface area contributed by atoms with Crippen molar-refractivity contribution in [3.05, 3.63) is 60.2 Å². The van der Waals surface area contributed by atoms with Crippen molar-refractivity contribution >= 4 is 21.6 Å². The molecule has 3 rings (SSSR count).